The highest BCUT2D eigenvalue weighted by molar-refractivity contribution is 5.81. The molecule has 0 radical (unpaired) electrons. The molecule has 1 aromatic carbocycles. The van der Waals surface area contributed by atoms with Gasteiger partial charge >= 0.3 is 5.97 Å². The third-order valence-electron chi connectivity index (χ3n) is 3.20. The lowest BCUT2D eigenvalue weighted by atomic mass is 10.1. The van der Waals surface area contributed by atoms with Crippen molar-refractivity contribution in [1.82, 2.24) is 0 Å². The van der Waals surface area contributed by atoms with Crippen molar-refractivity contribution in [3.63, 3.8) is 0 Å². The molecule has 0 atom stereocenters. The second kappa shape index (κ2) is 9.34. The van der Waals surface area contributed by atoms with E-state index in [-0.39, 0.29) is 17.4 Å². The molecule has 1 aliphatic heterocycles. The number of anilines is 1. The number of nitro groups is 1. The van der Waals surface area contributed by atoms with Crippen molar-refractivity contribution in [2.75, 3.05) is 24.6 Å². The summed E-state index contributed by atoms with van der Waals surface area (Å²) in [5.41, 5.74) is 1.04. The van der Waals surface area contributed by atoms with E-state index in [9.17, 15) is 19.7 Å². The number of carbonyl (C=O) groups is 2. The number of carbonyl (C=O) groups excluding carboxylic acids is 2. The van der Waals surface area contributed by atoms with Gasteiger partial charge in [-0.3, -0.25) is 14.9 Å². The first-order chi connectivity index (χ1) is 11.0. The number of nitro benzene ring substituents is 1. The van der Waals surface area contributed by atoms with Crippen molar-refractivity contribution < 1.29 is 19.2 Å². The van der Waals surface area contributed by atoms with Gasteiger partial charge in [-0.1, -0.05) is 6.58 Å². The van der Waals surface area contributed by atoms with Gasteiger partial charge in [0.15, 0.2) is 0 Å². The molecule has 0 amide bonds. The van der Waals surface area contributed by atoms with Crippen molar-refractivity contribution >= 4 is 23.1 Å². The van der Waals surface area contributed by atoms with E-state index in [4.69, 9.17) is 0 Å². The molecular weight excluding hydrogens is 300 g/mol. The summed E-state index contributed by atoms with van der Waals surface area (Å²) in [4.78, 5) is 33.3. The van der Waals surface area contributed by atoms with Crippen LogP contribution in [0.3, 0.4) is 0 Å². The summed E-state index contributed by atoms with van der Waals surface area (Å²) in [5.74, 6) is -0.0688. The minimum absolute atomic E-state index is 0.0943. The average Bonchev–Trinajstić information content (AvgIpc) is 2.56. The van der Waals surface area contributed by atoms with Crippen LogP contribution in [-0.4, -0.2) is 36.4 Å². The highest BCUT2D eigenvalue weighted by Gasteiger charge is 2.16. The number of piperidine rings is 1. The average molecular weight is 320 g/mol. The molecule has 0 aliphatic carbocycles. The highest BCUT2D eigenvalue weighted by atomic mass is 16.6. The lowest BCUT2D eigenvalue weighted by Crippen LogP contribution is -2.33. The number of ketones is 1. The zero-order chi connectivity index (χ0) is 17.2. The van der Waals surface area contributed by atoms with Crippen LogP contribution in [0.15, 0.2) is 36.9 Å². The zero-order valence-corrected chi connectivity index (χ0v) is 13.1. The number of benzene rings is 1. The molecule has 0 bridgehead atoms. The largest absolute Gasteiger partial charge is 0.463 e. The Bertz CT molecular complexity index is 558. The number of esters is 1. The molecule has 1 fully saturated rings. The summed E-state index contributed by atoms with van der Waals surface area (Å²) in [5, 5.41) is 10.5. The van der Waals surface area contributed by atoms with Crippen LogP contribution in [0.4, 0.5) is 11.4 Å². The molecule has 1 aliphatic rings. The second-order valence-corrected chi connectivity index (χ2v) is 4.76. The van der Waals surface area contributed by atoms with Gasteiger partial charge in [-0.2, -0.15) is 0 Å². The maximum atomic E-state index is 11.1. The smallest absolute Gasteiger partial charge is 0.330 e. The van der Waals surface area contributed by atoms with Crippen LogP contribution >= 0.6 is 0 Å². The number of rotatable bonds is 4. The van der Waals surface area contributed by atoms with Gasteiger partial charge in [0.25, 0.3) is 5.69 Å². The summed E-state index contributed by atoms with van der Waals surface area (Å²) in [6, 6.07) is 6.44. The zero-order valence-electron chi connectivity index (χ0n) is 13.1. The molecule has 1 aromatic rings. The third kappa shape index (κ3) is 6.29. The molecule has 7 heteroatoms. The van der Waals surface area contributed by atoms with Crippen molar-refractivity contribution in [2.45, 2.75) is 19.8 Å². The Balaban J connectivity index is 0.000000322. The van der Waals surface area contributed by atoms with Crippen LogP contribution in [0.25, 0.3) is 0 Å². The van der Waals surface area contributed by atoms with Crippen molar-refractivity contribution in [2.24, 2.45) is 0 Å². The molecule has 0 aromatic heterocycles. The fourth-order valence-corrected chi connectivity index (χ4v) is 2.00. The summed E-state index contributed by atoms with van der Waals surface area (Å²) in [7, 11) is 0. The van der Waals surface area contributed by atoms with Crippen LogP contribution in [-0.2, 0) is 14.3 Å². The number of ether oxygens (including phenoxy) is 1. The van der Waals surface area contributed by atoms with Gasteiger partial charge in [-0.25, -0.2) is 4.79 Å². The Labute approximate surface area is 134 Å². The molecule has 23 heavy (non-hydrogen) atoms. The Kier molecular flexibility index (Phi) is 7.45. The Morgan fingerprint density at radius 1 is 1.35 bits per heavy atom. The highest BCUT2D eigenvalue weighted by Crippen LogP contribution is 2.21. The minimum atomic E-state index is -0.413. The maximum Gasteiger partial charge on any atom is 0.330 e. The molecule has 2 rings (SSSR count). The van der Waals surface area contributed by atoms with E-state index in [0.29, 0.717) is 32.5 Å². The van der Waals surface area contributed by atoms with Gasteiger partial charge in [0.05, 0.1) is 11.5 Å². The summed E-state index contributed by atoms with van der Waals surface area (Å²) >= 11 is 0. The van der Waals surface area contributed by atoms with Crippen molar-refractivity contribution in [3.8, 4) is 0 Å². The molecule has 0 unspecified atom stereocenters. The van der Waals surface area contributed by atoms with Crippen LogP contribution in [0.2, 0.25) is 0 Å². The Morgan fingerprint density at radius 3 is 2.30 bits per heavy atom. The predicted molar refractivity (Wildman–Crippen MR) is 86.4 cm³/mol. The number of non-ortho nitro benzene ring substituents is 1. The van der Waals surface area contributed by atoms with E-state index in [1.54, 1.807) is 19.1 Å². The first-order valence-corrected chi connectivity index (χ1v) is 7.28. The molecule has 1 saturated heterocycles. The van der Waals surface area contributed by atoms with Gasteiger partial charge in [-0.05, 0) is 19.1 Å². The molecule has 0 spiro atoms. The fraction of sp³-hybridized carbons (Fsp3) is 0.375. The molecule has 124 valence electrons. The summed E-state index contributed by atoms with van der Waals surface area (Å²) < 4.78 is 4.43. The van der Waals surface area contributed by atoms with E-state index in [0.717, 1.165) is 11.8 Å². The van der Waals surface area contributed by atoms with Crippen molar-refractivity contribution in [1.29, 1.82) is 0 Å². The van der Waals surface area contributed by atoms with Gasteiger partial charge < -0.3 is 9.64 Å². The van der Waals surface area contributed by atoms with E-state index in [1.165, 1.54) is 12.1 Å². The summed E-state index contributed by atoms with van der Waals surface area (Å²) in [6.45, 7) is 6.79. The van der Waals surface area contributed by atoms with E-state index in [2.05, 4.69) is 16.2 Å². The quantitative estimate of drug-likeness (QED) is 0.366. The molecule has 0 saturated carbocycles. The fourth-order valence-electron chi connectivity index (χ4n) is 2.00. The monoisotopic (exact) mass is 320 g/mol. The van der Waals surface area contributed by atoms with Gasteiger partial charge in [0.2, 0.25) is 0 Å². The van der Waals surface area contributed by atoms with E-state index >= 15 is 0 Å². The lowest BCUT2D eigenvalue weighted by Gasteiger charge is -2.27. The van der Waals surface area contributed by atoms with Crippen LogP contribution in [0, 0.1) is 10.1 Å². The van der Waals surface area contributed by atoms with E-state index in [1.807, 2.05) is 0 Å². The number of hydrogen-bond donors (Lipinski definition) is 0. The predicted octanol–water partition coefficient (Wildman–Crippen LogP) is 2.50. The number of nitrogens with zero attached hydrogens (tertiary/aromatic N) is 2. The minimum Gasteiger partial charge on any atom is -0.463 e. The third-order valence-corrected chi connectivity index (χ3v) is 3.20. The summed E-state index contributed by atoms with van der Waals surface area (Å²) in [6.07, 6.45) is 2.28. The lowest BCUT2D eigenvalue weighted by molar-refractivity contribution is -0.384. The standard InChI is InChI=1S/C11H12N2O3.C5H8O2/c14-11-5-7-12(8-6-11)9-1-3-10(4-2-9)13(15)16;1-3-5(6)7-4-2/h1-4H,5-8H2;3H,1,4H2,2H3. The van der Waals surface area contributed by atoms with Gasteiger partial charge in [-0.15, -0.1) is 0 Å². The van der Waals surface area contributed by atoms with Crippen LogP contribution in [0.1, 0.15) is 19.8 Å². The SMILES string of the molecule is C=CC(=O)OCC.O=C1CCN(c2ccc([N+](=O)[O-])cc2)CC1. The molecule has 7 nitrogen and oxygen atoms in total. The van der Waals surface area contributed by atoms with Crippen molar-refractivity contribution in [3.05, 3.63) is 47.0 Å². The maximum absolute atomic E-state index is 11.1. The first kappa shape index (κ1) is 18.3. The molecule has 1 heterocycles. The number of Topliss-reactive ketones (excluding diaryl/α,β-unsaturated/α-hetero) is 1. The van der Waals surface area contributed by atoms with Gasteiger partial charge in [0, 0.05) is 49.8 Å². The molecule has 0 N–H and O–H groups in total. The second-order valence-electron chi connectivity index (χ2n) is 4.76. The Morgan fingerprint density at radius 2 is 1.91 bits per heavy atom. The first-order valence-electron chi connectivity index (χ1n) is 7.28. The van der Waals surface area contributed by atoms with E-state index < -0.39 is 4.92 Å². The molecular formula is C16H20N2O5. The van der Waals surface area contributed by atoms with Crippen LogP contribution in [0.5, 0.6) is 0 Å². The number of hydrogen-bond acceptors (Lipinski definition) is 6. The van der Waals surface area contributed by atoms with Crippen LogP contribution < -0.4 is 4.90 Å². The normalized spacial score (nSPS) is 13.6. The Hall–Kier alpha value is -2.70. The van der Waals surface area contributed by atoms with Gasteiger partial charge in [0.1, 0.15) is 5.78 Å². The topological polar surface area (TPSA) is 89.8 Å².